The van der Waals surface area contributed by atoms with Crippen LogP contribution in [0.15, 0.2) is 16.8 Å². The van der Waals surface area contributed by atoms with Gasteiger partial charge in [0.15, 0.2) is 5.13 Å². The van der Waals surface area contributed by atoms with Crippen molar-refractivity contribution in [1.82, 2.24) is 4.98 Å². The summed E-state index contributed by atoms with van der Waals surface area (Å²) in [5.74, 6) is -0.0926. The average Bonchev–Trinajstić information content (AvgIpc) is 2.77. The average molecular weight is 238 g/mol. The standard InChI is InChI=1S/C10H10N2OS2/c1-6-7(2)15-10(11-6)12-9(13)8-3-4-14-5-8/h3-5H,1-2H3,(H,11,12,13). The number of carbonyl (C=O) groups excluding carboxylic acids is 1. The Bertz CT molecular complexity index is 454. The highest BCUT2D eigenvalue weighted by atomic mass is 32.1. The first-order valence-corrected chi connectivity index (χ1v) is 6.20. The van der Waals surface area contributed by atoms with Crippen LogP contribution < -0.4 is 5.32 Å². The minimum atomic E-state index is -0.0926. The number of aromatic nitrogens is 1. The second-order valence-electron chi connectivity index (χ2n) is 3.13. The first-order chi connectivity index (χ1) is 7.16. The molecule has 0 aromatic carbocycles. The quantitative estimate of drug-likeness (QED) is 0.873. The Hall–Kier alpha value is -1.20. The molecule has 2 rings (SSSR count). The van der Waals surface area contributed by atoms with E-state index in [1.807, 2.05) is 24.6 Å². The molecule has 0 aliphatic carbocycles. The number of nitrogens with zero attached hydrogens (tertiary/aromatic N) is 1. The molecule has 3 nitrogen and oxygen atoms in total. The lowest BCUT2D eigenvalue weighted by Crippen LogP contribution is -2.10. The lowest BCUT2D eigenvalue weighted by Gasteiger charge is -1.97. The predicted molar refractivity (Wildman–Crippen MR) is 63.9 cm³/mol. The molecule has 2 aromatic heterocycles. The predicted octanol–water partition coefficient (Wildman–Crippen LogP) is 3.07. The molecule has 78 valence electrons. The molecule has 2 aromatic rings. The minimum Gasteiger partial charge on any atom is -0.298 e. The number of thiazole rings is 1. The molecule has 0 aliphatic heterocycles. The molecule has 0 unspecified atom stereocenters. The van der Waals surface area contributed by atoms with Crippen LogP contribution in [0.4, 0.5) is 5.13 Å². The number of nitrogens with one attached hydrogen (secondary N) is 1. The first kappa shape index (κ1) is 10.3. The van der Waals surface area contributed by atoms with Gasteiger partial charge in [0.05, 0.1) is 11.3 Å². The highest BCUT2D eigenvalue weighted by Crippen LogP contribution is 2.21. The van der Waals surface area contributed by atoms with Crippen LogP contribution in [0.5, 0.6) is 0 Å². The fourth-order valence-corrected chi connectivity index (χ4v) is 2.53. The number of carbonyl (C=O) groups is 1. The number of amides is 1. The highest BCUT2D eigenvalue weighted by Gasteiger charge is 2.09. The molecule has 0 atom stereocenters. The van der Waals surface area contributed by atoms with Gasteiger partial charge in [0.2, 0.25) is 0 Å². The summed E-state index contributed by atoms with van der Waals surface area (Å²) in [7, 11) is 0. The summed E-state index contributed by atoms with van der Waals surface area (Å²) in [5.41, 5.74) is 1.66. The van der Waals surface area contributed by atoms with Crippen molar-refractivity contribution in [2.45, 2.75) is 13.8 Å². The molecule has 1 N–H and O–H groups in total. The smallest absolute Gasteiger partial charge is 0.258 e. The second kappa shape index (κ2) is 4.12. The first-order valence-electron chi connectivity index (χ1n) is 4.44. The Labute approximate surface area is 95.8 Å². The minimum absolute atomic E-state index is 0.0926. The van der Waals surface area contributed by atoms with E-state index < -0.39 is 0 Å². The van der Waals surface area contributed by atoms with Gasteiger partial charge in [-0.15, -0.1) is 11.3 Å². The number of hydrogen-bond donors (Lipinski definition) is 1. The maximum absolute atomic E-state index is 11.7. The number of anilines is 1. The Kier molecular flexibility index (Phi) is 2.83. The molecular formula is C10H10N2OS2. The molecule has 0 spiro atoms. The molecule has 15 heavy (non-hydrogen) atoms. The third kappa shape index (κ3) is 2.24. The fourth-order valence-electron chi connectivity index (χ4n) is 1.09. The normalized spacial score (nSPS) is 10.3. The summed E-state index contributed by atoms with van der Waals surface area (Å²) >= 11 is 3.01. The zero-order chi connectivity index (χ0) is 10.8. The van der Waals surface area contributed by atoms with E-state index in [9.17, 15) is 4.79 Å². The SMILES string of the molecule is Cc1nc(NC(=O)c2ccsc2)sc1C. The van der Waals surface area contributed by atoms with Gasteiger partial charge in [-0.25, -0.2) is 4.98 Å². The van der Waals surface area contributed by atoms with E-state index in [0.717, 1.165) is 10.6 Å². The molecule has 1 amide bonds. The molecular weight excluding hydrogens is 228 g/mol. The van der Waals surface area contributed by atoms with Crippen molar-refractivity contribution in [2.24, 2.45) is 0 Å². The molecule has 0 fully saturated rings. The van der Waals surface area contributed by atoms with Gasteiger partial charge in [-0.3, -0.25) is 10.1 Å². The molecule has 0 radical (unpaired) electrons. The van der Waals surface area contributed by atoms with Crippen LogP contribution >= 0.6 is 22.7 Å². The van der Waals surface area contributed by atoms with Gasteiger partial charge < -0.3 is 0 Å². The van der Waals surface area contributed by atoms with Crippen LogP contribution in [0.25, 0.3) is 0 Å². The fraction of sp³-hybridized carbons (Fsp3) is 0.200. The molecule has 2 heterocycles. The van der Waals surface area contributed by atoms with Gasteiger partial charge in [0.25, 0.3) is 5.91 Å². The van der Waals surface area contributed by atoms with Gasteiger partial charge in [-0.2, -0.15) is 11.3 Å². The van der Waals surface area contributed by atoms with E-state index in [1.165, 1.54) is 22.7 Å². The highest BCUT2D eigenvalue weighted by molar-refractivity contribution is 7.15. The summed E-state index contributed by atoms with van der Waals surface area (Å²) in [6, 6.07) is 1.80. The molecule has 0 saturated heterocycles. The largest absolute Gasteiger partial charge is 0.298 e. The van der Waals surface area contributed by atoms with E-state index in [0.29, 0.717) is 10.7 Å². The Morgan fingerprint density at radius 3 is 2.80 bits per heavy atom. The van der Waals surface area contributed by atoms with E-state index in [2.05, 4.69) is 10.3 Å². The summed E-state index contributed by atoms with van der Waals surface area (Å²) < 4.78 is 0. The third-order valence-electron chi connectivity index (χ3n) is 2.03. The van der Waals surface area contributed by atoms with Crippen LogP contribution in [0.3, 0.4) is 0 Å². The lowest BCUT2D eigenvalue weighted by atomic mass is 10.3. The van der Waals surface area contributed by atoms with Crippen LogP contribution in [0.1, 0.15) is 20.9 Å². The van der Waals surface area contributed by atoms with E-state index in [-0.39, 0.29) is 5.91 Å². The summed E-state index contributed by atoms with van der Waals surface area (Å²) in [6.45, 7) is 3.93. The number of thiophene rings is 1. The maximum Gasteiger partial charge on any atom is 0.258 e. The van der Waals surface area contributed by atoms with Gasteiger partial charge in [0.1, 0.15) is 0 Å². The third-order valence-corrected chi connectivity index (χ3v) is 3.70. The van der Waals surface area contributed by atoms with E-state index in [1.54, 1.807) is 6.07 Å². The number of aryl methyl sites for hydroxylation is 2. The summed E-state index contributed by atoms with van der Waals surface area (Å²) in [4.78, 5) is 17.0. The monoisotopic (exact) mass is 238 g/mol. The van der Waals surface area contributed by atoms with E-state index >= 15 is 0 Å². The van der Waals surface area contributed by atoms with Crippen molar-refractivity contribution in [3.8, 4) is 0 Å². The second-order valence-corrected chi connectivity index (χ2v) is 5.11. The van der Waals surface area contributed by atoms with Crippen LogP contribution in [-0.4, -0.2) is 10.9 Å². The number of hydrogen-bond acceptors (Lipinski definition) is 4. The van der Waals surface area contributed by atoms with Gasteiger partial charge in [0, 0.05) is 10.3 Å². The molecule has 0 bridgehead atoms. The van der Waals surface area contributed by atoms with E-state index in [4.69, 9.17) is 0 Å². The topological polar surface area (TPSA) is 42.0 Å². The maximum atomic E-state index is 11.7. The van der Waals surface area contributed by atoms with Crippen molar-refractivity contribution in [3.05, 3.63) is 33.0 Å². The summed E-state index contributed by atoms with van der Waals surface area (Å²) in [6.07, 6.45) is 0. The zero-order valence-electron chi connectivity index (χ0n) is 8.40. The van der Waals surface area contributed by atoms with Crippen molar-refractivity contribution < 1.29 is 4.79 Å². The van der Waals surface area contributed by atoms with Gasteiger partial charge in [-0.1, -0.05) is 0 Å². The van der Waals surface area contributed by atoms with Crippen LogP contribution in [0.2, 0.25) is 0 Å². The lowest BCUT2D eigenvalue weighted by molar-refractivity contribution is 0.102. The summed E-state index contributed by atoms with van der Waals surface area (Å²) in [5, 5.41) is 7.15. The van der Waals surface area contributed by atoms with Crippen molar-refractivity contribution >= 4 is 33.7 Å². The van der Waals surface area contributed by atoms with Crippen LogP contribution in [-0.2, 0) is 0 Å². The Morgan fingerprint density at radius 2 is 2.27 bits per heavy atom. The molecule has 0 saturated carbocycles. The molecule has 0 aliphatic rings. The van der Waals surface area contributed by atoms with Gasteiger partial charge in [-0.05, 0) is 25.3 Å². The Morgan fingerprint density at radius 1 is 1.47 bits per heavy atom. The van der Waals surface area contributed by atoms with Crippen LogP contribution in [0, 0.1) is 13.8 Å². The Balaban J connectivity index is 2.13. The van der Waals surface area contributed by atoms with Crippen molar-refractivity contribution in [3.63, 3.8) is 0 Å². The zero-order valence-corrected chi connectivity index (χ0v) is 10.0. The van der Waals surface area contributed by atoms with Gasteiger partial charge >= 0.3 is 0 Å². The number of rotatable bonds is 2. The molecule has 5 heteroatoms. The van der Waals surface area contributed by atoms with Crippen molar-refractivity contribution in [2.75, 3.05) is 5.32 Å². The van der Waals surface area contributed by atoms with Crippen molar-refractivity contribution in [1.29, 1.82) is 0 Å².